The maximum absolute atomic E-state index is 13.1. The van der Waals surface area contributed by atoms with E-state index in [0.29, 0.717) is 23.4 Å². The summed E-state index contributed by atoms with van der Waals surface area (Å²) in [4.78, 5) is 25.0. The molecule has 2 N–H and O–H groups in total. The molecule has 1 saturated carbocycles. The molecule has 0 amide bonds. The van der Waals surface area contributed by atoms with Crippen molar-refractivity contribution in [2.75, 3.05) is 13.2 Å². The quantitative estimate of drug-likeness (QED) is 0.763. The van der Waals surface area contributed by atoms with Gasteiger partial charge in [-0.25, -0.2) is 4.98 Å². The first-order valence-electron chi connectivity index (χ1n) is 9.02. The van der Waals surface area contributed by atoms with Gasteiger partial charge in [0.2, 0.25) is 5.95 Å². The molecule has 7 nitrogen and oxygen atoms in total. The Bertz CT molecular complexity index is 926. The van der Waals surface area contributed by atoms with Crippen molar-refractivity contribution in [3.63, 3.8) is 0 Å². The second-order valence-electron chi connectivity index (χ2n) is 7.11. The highest BCUT2D eigenvalue weighted by molar-refractivity contribution is 5.71. The smallest absolute Gasteiger partial charge is 0.277 e. The molecule has 3 aromatic heterocycles. The Balaban J connectivity index is 1.55. The maximum atomic E-state index is 13.1. The van der Waals surface area contributed by atoms with Crippen LogP contribution < -0.4 is 5.56 Å². The predicted octanol–water partition coefficient (Wildman–Crippen LogP) is 2.28. The summed E-state index contributed by atoms with van der Waals surface area (Å²) in [5.41, 5.74) is 3.51. The minimum Gasteiger partial charge on any atom is -0.381 e. The Morgan fingerprint density at radius 2 is 2.08 bits per heavy atom. The normalized spacial score (nSPS) is 18.9. The number of imidazole rings is 1. The summed E-state index contributed by atoms with van der Waals surface area (Å²) in [5.74, 6) is 1.53. The van der Waals surface area contributed by atoms with Gasteiger partial charge in [0.15, 0.2) is 5.65 Å². The van der Waals surface area contributed by atoms with Crippen LogP contribution in [0.3, 0.4) is 0 Å². The van der Waals surface area contributed by atoms with Crippen molar-refractivity contribution < 1.29 is 4.74 Å². The summed E-state index contributed by atoms with van der Waals surface area (Å²) in [6, 6.07) is 3.77. The molecule has 0 unspecified atom stereocenters. The summed E-state index contributed by atoms with van der Waals surface area (Å²) in [6.07, 6.45) is 6.91. The monoisotopic (exact) mass is 339 g/mol. The van der Waals surface area contributed by atoms with Crippen molar-refractivity contribution in [1.29, 1.82) is 0 Å². The van der Waals surface area contributed by atoms with Crippen LogP contribution in [-0.4, -0.2) is 37.9 Å². The minimum absolute atomic E-state index is 0.0208. The molecule has 2 fully saturated rings. The number of nitrogens with one attached hydrogen (secondary N) is 2. The first kappa shape index (κ1) is 14.9. The number of hydrogen-bond acceptors (Lipinski definition) is 4. The Labute approximate surface area is 144 Å². The zero-order valence-electron chi connectivity index (χ0n) is 14.0. The van der Waals surface area contributed by atoms with E-state index in [4.69, 9.17) is 4.74 Å². The molecule has 0 aromatic carbocycles. The molecular formula is C18H21N5O2. The van der Waals surface area contributed by atoms with Crippen molar-refractivity contribution in [2.24, 2.45) is 5.92 Å². The van der Waals surface area contributed by atoms with Crippen LogP contribution in [-0.2, 0) is 11.2 Å². The lowest BCUT2D eigenvalue weighted by molar-refractivity contribution is 0.0664. The molecule has 25 heavy (non-hydrogen) atoms. The van der Waals surface area contributed by atoms with Crippen LogP contribution >= 0.6 is 0 Å². The number of ether oxygens (including phenoxy) is 1. The Kier molecular flexibility index (Phi) is 3.48. The molecule has 1 aliphatic carbocycles. The van der Waals surface area contributed by atoms with Crippen LogP contribution in [0.15, 0.2) is 23.1 Å². The van der Waals surface area contributed by atoms with E-state index in [-0.39, 0.29) is 5.56 Å². The van der Waals surface area contributed by atoms with Crippen molar-refractivity contribution in [2.45, 2.75) is 38.0 Å². The number of rotatable bonds is 4. The minimum atomic E-state index is 0.0208. The summed E-state index contributed by atoms with van der Waals surface area (Å²) >= 11 is 0. The van der Waals surface area contributed by atoms with Crippen LogP contribution in [0.5, 0.6) is 0 Å². The van der Waals surface area contributed by atoms with E-state index in [9.17, 15) is 4.79 Å². The van der Waals surface area contributed by atoms with Gasteiger partial charge in [-0.3, -0.25) is 9.89 Å². The Morgan fingerprint density at radius 1 is 1.24 bits per heavy atom. The molecule has 1 aliphatic heterocycles. The standard InChI is InChI=1S/C18H21N5O2/c24-17-13(10-11-5-8-25-9-6-11)15(12-3-4-12)22-23(17)18-20-14-2-1-7-19-16(14)21-18/h1-2,7,11-12,22H,3-6,8-10H2,(H,19,20,21). The largest absolute Gasteiger partial charge is 0.381 e. The molecule has 4 heterocycles. The third-order valence-electron chi connectivity index (χ3n) is 5.29. The van der Waals surface area contributed by atoms with E-state index < -0.39 is 0 Å². The van der Waals surface area contributed by atoms with Gasteiger partial charge in [0.25, 0.3) is 5.56 Å². The fourth-order valence-corrected chi connectivity index (χ4v) is 3.72. The van der Waals surface area contributed by atoms with Crippen LogP contribution in [0, 0.1) is 5.92 Å². The van der Waals surface area contributed by atoms with Gasteiger partial charge in [0, 0.05) is 36.6 Å². The van der Waals surface area contributed by atoms with Gasteiger partial charge in [-0.1, -0.05) is 0 Å². The van der Waals surface area contributed by atoms with Gasteiger partial charge in [-0.2, -0.15) is 9.67 Å². The number of fused-ring (bicyclic) bond motifs is 1. The van der Waals surface area contributed by atoms with E-state index in [1.54, 1.807) is 10.9 Å². The molecule has 7 heteroatoms. The molecule has 130 valence electrons. The summed E-state index contributed by atoms with van der Waals surface area (Å²) < 4.78 is 7.01. The zero-order chi connectivity index (χ0) is 16.8. The van der Waals surface area contributed by atoms with Crippen LogP contribution in [0.2, 0.25) is 0 Å². The summed E-state index contributed by atoms with van der Waals surface area (Å²) in [5, 5.41) is 3.33. The molecule has 0 bridgehead atoms. The number of H-pyrrole nitrogens is 2. The van der Waals surface area contributed by atoms with Gasteiger partial charge >= 0.3 is 0 Å². The molecule has 3 aromatic rings. The number of nitrogens with zero attached hydrogens (tertiary/aromatic N) is 3. The fourth-order valence-electron chi connectivity index (χ4n) is 3.72. The third kappa shape index (κ3) is 2.68. The van der Waals surface area contributed by atoms with E-state index in [0.717, 1.165) is 62.1 Å². The lowest BCUT2D eigenvalue weighted by atomic mass is 9.92. The van der Waals surface area contributed by atoms with Crippen molar-refractivity contribution in [3.05, 3.63) is 39.9 Å². The Hall–Kier alpha value is -2.41. The van der Waals surface area contributed by atoms with Crippen molar-refractivity contribution >= 4 is 11.2 Å². The molecule has 0 radical (unpaired) electrons. The maximum Gasteiger partial charge on any atom is 0.277 e. The SMILES string of the molecule is O=c1c(CC2CCOCC2)c(C2CC2)[nH]n1-c1nc2ncccc2[nH]1. The highest BCUT2D eigenvalue weighted by Crippen LogP contribution is 2.41. The molecule has 0 spiro atoms. The van der Waals surface area contributed by atoms with Gasteiger partial charge in [-0.15, -0.1) is 0 Å². The average Bonchev–Trinajstić information content (AvgIpc) is 3.31. The van der Waals surface area contributed by atoms with Crippen LogP contribution in [0.4, 0.5) is 0 Å². The summed E-state index contributed by atoms with van der Waals surface area (Å²) in [7, 11) is 0. The molecule has 1 saturated heterocycles. The first-order chi connectivity index (χ1) is 12.3. The first-order valence-corrected chi connectivity index (χ1v) is 9.02. The molecule has 2 aliphatic rings. The molecular weight excluding hydrogens is 318 g/mol. The number of aromatic nitrogens is 5. The summed E-state index contributed by atoms with van der Waals surface area (Å²) in [6.45, 7) is 1.61. The lowest BCUT2D eigenvalue weighted by Gasteiger charge is -2.21. The Morgan fingerprint density at radius 3 is 2.84 bits per heavy atom. The lowest BCUT2D eigenvalue weighted by Crippen LogP contribution is -2.23. The predicted molar refractivity (Wildman–Crippen MR) is 93.1 cm³/mol. The number of aromatic amines is 2. The van der Waals surface area contributed by atoms with Gasteiger partial charge in [-0.05, 0) is 50.2 Å². The van der Waals surface area contributed by atoms with Gasteiger partial charge < -0.3 is 9.72 Å². The van der Waals surface area contributed by atoms with Crippen molar-refractivity contribution in [3.8, 4) is 5.95 Å². The zero-order valence-corrected chi connectivity index (χ0v) is 14.0. The number of hydrogen-bond donors (Lipinski definition) is 2. The number of pyridine rings is 1. The van der Waals surface area contributed by atoms with Crippen LogP contribution in [0.1, 0.15) is 42.9 Å². The van der Waals surface area contributed by atoms with Crippen molar-refractivity contribution in [1.82, 2.24) is 24.7 Å². The highest BCUT2D eigenvalue weighted by atomic mass is 16.5. The highest BCUT2D eigenvalue weighted by Gasteiger charge is 2.32. The van der Waals surface area contributed by atoms with E-state index >= 15 is 0 Å². The topological polar surface area (TPSA) is 88.6 Å². The molecule has 5 rings (SSSR count). The van der Waals surface area contributed by atoms with Gasteiger partial charge in [0.05, 0.1) is 5.52 Å². The third-order valence-corrected chi connectivity index (χ3v) is 5.29. The fraction of sp³-hybridized carbons (Fsp3) is 0.500. The van der Waals surface area contributed by atoms with E-state index in [2.05, 4.69) is 20.1 Å². The van der Waals surface area contributed by atoms with E-state index in [1.165, 1.54) is 0 Å². The molecule has 0 atom stereocenters. The van der Waals surface area contributed by atoms with Gasteiger partial charge in [0.1, 0.15) is 0 Å². The average molecular weight is 339 g/mol. The van der Waals surface area contributed by atoms with E-state index in [1.807, 2.05) is 12.1 Å². The van der Waals surface area contributed by atoms with Crippen LogP contribution in [0.25, 0.3) is 17.1 Å². The second kappa shape index (κ2) is 5.84. The second-order valence-corrected chi connectivity index (χ2v) is 7.11.